The highest BCUT2D eigenvalue weighted by atomic mass is 16.6. The normalized spacial score (nSPS) is 10.9. The quantitative estimate of drug-likeness (QED) is 0.0423. The smallest absolute Gasteiger partial charge is 0.343 e. The zero-order valence-electron chi connectivity index (χ0n) is 39.3. The number of carbonyl (C=O) groups is 4. The predicted octanol–water partition coefficient (Wildman–Crippen LogP) is 14.8. The second kappa shape index (κ2) is 23.7. The predicted molar refractivity (Wildman–Crippen MR) is 268 cm³/mol. The molecule has 0 aliphatic heterocycles. The van der Waals surface area contributed by atoms with Crippen LogP contribution < -0.4 is 18.9 Å². The van der Waals surface area contributed by atoms with Crippen molar-refractivity contribution >= 4 is 23.9 Å². The molecule has 0 aromatic heterocycles. The summed E-state index contributed by atoms with van der Waals surface area (Å²) >= 11 is 0. The minimum absolute atomic E-state index is 0.162. The lowest BCUT2D eigenvalue weighted by molar-refractivity contribution is 0.0722. The summed E-state index contributed by atoms with van der Waals surface area (Å²) in [5.74, 6) is -1.42. The SMILES string of the molecule is CCCCCCc1ccc(-c2ccc(C(=O)Oc3ccc(C(=O)Oc4cccc(OC(=O)c5ccc(OC(=O)c6ccc(-c7ccc(CCCCCC)cc7)cc6)cc5C)c4)c(C)c3)cc2)cc1. The molecule has 7 aromatic rings. The van der Waals surface area contributed by atoms with Crippen molar-refractivity contribution in [3.63, 3.8) is 0 Å². The number of ether oxygens (including phenoxy) is 4. The maximum absolute atomic E-state index is 13.3. The van der Waals surface area contributed by atoms with Crippen LogP contribution in [0.15, 0.2) is 158 Å². The lowest BCUT2D eigenvalue weighted by atomic mass is 10.0. The largest absolute Gasteiger partial charge is 0.423 e. The molecule has 0 saturated carbocycles. The first-order chi connectivity index (χ1) is 33.1. The van der Waals surface area contributed by atoms with Crippen molar-refractivity contribution in [2.24, 2.45) is 0 Å². The molecule has 0 fully saturated rings. The molecule has 346 valence electrons. The van der Waals surface area contributed by atoms with Gasteiger partial charge in [0.15, 0.2) is 0 Å². The molecule has 0 N–H and O–H groups in total. The first kappa shape index (κ1) is 48.4. The lowest BCUT2D eigenvalue weighted by Gasteiger charge is -2.11. The Morgan fingerprint density at radius 2 is 0.691 bits per heavy atom. The number of aryl methyl sites for hydroxylation is 4. The average molecular weight is 907 g/mol. The molecule has 8 nitrogen and oxygen atoms in total. The van der Waals surface area contributed by atoms with E-state index in [1.54, 1.807) is 80.6 Å². The van der Waals surface area contributed by atoms with E-state index >= 15 is 0 Å². The van der Waals surface area contributed by atoms with Crippen LogP contribution in [0, 0.1) is 13.8 Å². The summed E-state index contributed by atoms with van der Waals surface area (Å²) in [6, 6.07) is 47.3. The van der Waals surface area contributed by atoms with Crippen molar-refractivity contribution in [3.8, 4) is 45.3 Å². The average Bonchev–Trinajstić information content (AvgIpc) is 3.35. The van der Waals surface area contributed by atoms with Gasteiger partial charge in [0.05, 0.1) is 22.3 Å². The molecule has 0 aliphatic carbocycles. The van der Waals surface area contributed by atoms with Crippen molar-refractivity contribution in [1.82, 2.24) is 0 Å². The lowest BCUT2D eigenvalue weighted by Crippen LogP contribution is -2.13. The number of esters is 4. The zero-order chi connectivity index (χ0) is 47.8. The Morgan fingerprint density at radius 1 is 0.353 bits per heavy atom. The first-order valence-electron chi connectivity index (χ1n) is 23.7. The third-order valence-corrected chi connectivity index (χ3v) is 11.9. The molecule has 0 aliphatic rings. The Kier molecular flexibility index (Phi) is 16.9. The number of hydrogen-bond acceptors (Lipinski definition) is 8. The fourth-order valence-corrected chi connectivity index (χ4v) is 7.95. The van der Waals surface area contributed by atoms with Crippen molar-refractivity contribution in [3.05, 3.63) is 202 Å². The molecule has 0 amide bonds. The molecule has 0 spiro atoms. The van der Waals surface area contributed by atoms with Gasteiger partial charge in [-0.1, -0.05) is 131 Å². The minimum Gasteiger partial charge on any atom is -0.423 e. The molecule has 0 heterocycles. The standard InChI is InChI=1S/C60H58O8/c1-5-7-9-11-14-43-18-22-45(23-19-43)47-26-30-49(31-27-47)57(61)65-53-34-36-55(41(3)38-53)59(63)67-51-16-13-17-52(40-51)68-60(64)56-37-35-54(39-42(56)4)66-58(62)50-32-28-48(29-33-50)46-24-20-44(21-25-46)15-12-10-8-6-2/h13,16-40H,5-12,14-15H2,1-4H3. The number of carbonyl (C=O) groups excluding carboxylic acids is 4. The molecule has 0 atom stereocenters. The Labute approximate surface area is 399 Å². The van der Waals surface area contributed by atoms with E-state index in [2.05, 4.69) is 62.4 Å². The first-order valence-corrected chi connectivity index (χ1v) is 23.7. The molecule has 0 radical (unpaired) electrons. The molecule has 8 heteroatoms. The van der Waals surface area contributed by atoms with Crippen LogP contribution in [0.1, 0.15) is 129 Å². The van der Waals surface area contributed by atoms with Crippen LogP contribution in [0.4, 0.5) is 0 Å². The Morgan fingerprint density at radius 3 is 1.04 bits per heavy atom. The molecule has 7 aromatic carbocycles. The highest BCUT2D eigenvalue weighted by Gasteiger charge is 2.18. The molecular formula is C60H58O8. The van der Waals surface area contributed by atoms with Crippen LogP contribution in [-0.4, -0.2) is 23.9 Å². The Bertz CT molecular complexity index is 2630. The van der Waals surface area contributed by atoms with Crippen molar-refractivity contribution in [2.75, 3.05) is 0 Å². The Hall–Kier alpha value is -7.58. The van der Waals surface area contributed by atoms with Crippen LogP contribution in [0.2, 0.25) is 0 Å². The second-order valence-electron chi connectivity index (χ2n) is 17.2. The van der Waals surface area contributed by atoms with Crippen LogP contribution in [0.3, 0.4) is 0 Å². The molecule has 68 heavy (non-hydrogen) atoms. The molecule has 7 rings (SSSR count). The topological polar surface area (TPSA) is 105 Å². The number of benzene rings is 7. The van der Waals surface area contributed by atoms with E-state index in [9.17, 15) is 19.2 Å². The van der Waals surface area contributed by atoms with Gasteiger partial charge in [0.25, 0.3) is 0 Å². The summed E-state index contributed by atoms with van der Waals surface area (Å²) in [5.41, 5.74) is 9.25. The van der Waals surface area contributed by atoms with E-state index in [4.69, 9.17) is 18.9 Å². The van der Waals surface area contributed by atoms with Gasteiger partial charge in [-0.25, -0.2) is 19.2 Å². The van der Waals surface area contributed by atoms with Gasteiger partial charge in [-0.05, 0) is 157 Å². The van der Waals surface area contributed by atoms with E-state index in [0.717, 1.165) is 35.1 Å². The van der Waals surface area contributed by atoms with E-state index in [0.29, 0.717) is 22.3 Å². The summed E-state index contributed by atoms with van der Waals surface area (Å²) in [7, 11) is 0. The third kappa shape index (κ3) is 13.3. The van der Waals surface area contributed by atoms with Gasteiger partial charge in [0.1, 0.15) is 23.0 Å². The summed E-state index contributed by atoms with van der Waals surface area (Å²) in [5, 5.41) is 0. The summed E-state index contributed by atoms with van der Waals surface area (Å²) < 4.78 is 22.6. The molecule has 0 unspecified atom stereocenters. The minimum atomic E-state index is -0.640. The monoisotopic (exact) mass is 906 g/mol. The van der Waals surface area contributed by atoms with Crippen molar-refractivity contribution in [2.45, 2.75) is 91.9 Å². The van der Waals surface area contributed by atoms with Crippen LogP contribution >= 0.6 is 0 Å². The molecular weight excluding hydrogens is 849 g/mol. The third-order valence-electron chi connectivity index (χ3n) is 11.9. The summed E-state index contributed by atoms with van der Waals surface area (Å²) in [6.07, 6.45) is 12.0. The summed E-state index contributed by atoms with van der Waals surface area (Å²) in [6.45, 7) is 7.88. The number of rotatable bonds is 20. The van der Waals surface area contributed by atoms with Gasteiger partial charge in [0.2, 0.25) is 0 Å². The molecule has 0 saturated heterocycles. The van der Waals surface area contributed by atoms with Gasteiger partial charge >= 0.3 is 23.9 Å². The number of unbranched alkanes of at least 4 members (excludes halogenated alkanes) is 6. The van der Waals surface area contributed by atoms with E-state index in [1.165, 1.54) is 80.7 Å². The fourth-order valence-electron chi connectivity index (χ4n) is 7.95. The van der Waals surface area contributed by atoms with Crippen molar-refractivity contribution in [1.29, 1.82) is 0 Å². The number of hydrogen-bond donors (Lipinski definition) is 0. The van der Waals surface area contributed by atoms with E-state index in [1.807, 2.05) is 24.3 Å². The van der Waals surface area contributed by atoms with Gasteiger partial charge < -0.3 is 18.9 Å². The van der Waals surface area contributed by atoms with E-state index < -0.39 is 23.9 Å². The maximum Gasteiger partial charge on any atom is 0.343 e. The molecule has 0 bridgehead atoms. The van der Waals surface area contributed by atoms with Crippen LogP contribution in [0.25, 0.3) is 22.3 Å². The Balaban J connectivity index is 0.886. The van der Waals surface area contributed by atoms with Crippen LogP contribution in [0.5, 0.6) is 23.0 Å². The summed E-state index contributed by atoms with van der Waals surface area (Å²) in [4.78, 5) is 52.7. The van der Waals surface area contributed by atoms with Gasteiger partial charge in [0, 0.05) is 6.07 Å². The van der Waals surface area contributed by atoms with Gasteiger partial charge in [-0.3, -0.25) is 0 Å². The van der Waals surface area contributed by atoms with E-state index in [-0.39, 0.29) is 34.1 Å². The zero-order valence-corrected chi connectivity index (χ0v) is 39.3. The maximum atomic E-state index is 13.3. The van der Waals surface area contributed by atoms with Gasteiger partial charge in [-0.2, -0.15) is 0 Å². The fraction of sp³-hybridized carbons (Fsp3) is 0.233. The van der Waals surface area contributed by atoms with Crippen molar-refractivity contribution < 1.29 is 38.1 Å². The second-order valence-corrected chi connectivity index (χ2v) is 17.2. The highest BCUT2D eigenvalue weighted by Crippen LogP contribution is 2.28. The highest BCUT2D eigenvalue weighted by molar-refractivity contribution is 5.95. The van der Waals surface area contributed by atoms with Gasteiger partial charge in [-0.15, -0.1) is 0 Å². The van der Waals surface area contributed by atoms with Crippen LogP contribution in [-0.2, 0) is 12.8 Å².